The van der Waals surface area contributed by atoms with Crippen LogP contribution in [-0.2, 0) is 5.41 Å². The van der Waals surface area contributed by atoms with Gasteiger partial charge in [0.1, 0.15) is 11.9 Å². The summed E-state index contributed by atoms with van der Waals surface area (Å²) in [5.74, 6) is 2.24. The average Bonchev–Trinajstić information content (AvgIpc) is 3.06. The number of fused-ring (bicyclic) bond motifs is 5. The fraction of sp³-hybridized carbons (Fsp3) is 0.385. The lowest BCUT2D eigenvalue weighted by molar-refractivity contribution is 0.276. The van der Waals surface area contributed by atoms with E-state index in [0.717, 1.165) is 22.9 Å². The maximum absolute atomic E-state index is 5.02. The highest BCUT2D eigenvalue weighted by Gasteiger charge is 2.50. The molecule has 0 aliphatic carbocycles. The fourth-order valence-corrected chi connectivity index (χ4v) is 4.87. The molecule has 0 spiro atoms. The number of hydrogen-bond acceptors (Lipinski definition) is 4. The predicted octanol–water partition coefficient (Wildman–Crippen LogP) is 6.32. The second-order valence-corrected chi connectivity index (χ2v) is 8.64. The van der Waals surface area contributed by atoms with Crippen LogP contribution in [0.2, 0.25) is 0 Å². The number of nitrogens with zero attached hydrogens (tertiary/aromatic N) is 4. The van der Waals surface area contributed by atoms with Crippen molar-refractivity contribution in [3.63, 3.8) is 0 Å². The lowest BCUT2D eigenvalue weighted by Crippen LogP contribution is -2.53. The van der Waals surface area contributed by atoms with E-state index in [1.165, 1.54) is 16.8 Å². The van der Waals surface area contributed by atoms with Crippen LogP contribution in [0.25, 0.3) is 11.4 Å². The maximum atomic E-state index is 5.02. The minimum absolute atomic E-state index is 0.0837. The van der Waals surface area contributed by atoms with Crippen LogP contribution in [0.1, 0.15) is 45.7 Å². The van der Waals surface area contributed by atoms with Crippen molar-refractivity contribution in [1.29, 1.82) is 0 Å². The van der Waals surface area contributed by atoms with Gasteiger partial charge in [0.15, 0.2) is 11.6 Å². The number of benzene rings is 2. The van der Waals surface area contributed by atoms with Crippen molar-refractivity contribution in [2.45, 2.75) is 53.1 Å². The first kappa shape index (κ1) is 20.4. The summed E-state index contributed by atoms with van der Waals surface area (Å²) in [6.45, 7) is 13.2. The van der Waals surface area contributed by atoms with Gasteiger partial charge in [-0.2, -0.15) is 0 Å². The summed E-state index contributed by atoms with van der Waals surface area (Å²) in [5, 5.41) is 0. The van der Waals surface area contributed by atoms with E-state index in [2.05, 4.69) is 87.0 Å². The second-order valence-electron chi connectivity index (χ2n) is 8.64. The summed E-state index contributed by atoms with van der Waals surface area (Å²) in [4.78, 5) is 14.5. The molecule has 0 radical (unpaired) electrons. The highest BCUT2D eigenvalue weighted by molar-refractivity contribution is 5.84. The van der Waals surface area contributed by atoms with E-state index in [4.69, 9.17) is 9.97 Å². The molecule has 3 aromatic rings. The summed E-state index contributed by atoms with van der Waals surface area (Å²) >= 11 is 0. The Morgan fingerprint density at radius 3 is 2.33 bits per heavy atom. The first-order valence-electron chi connectivity index (χ1n) is 11.0. The summed E-state index contributed by atoms with van der Waals surface area (Å²) < 4.78 is 0. The molecule has 4 nitrogen and oxygen atoms in total. The minimum atomic E-state index is 0.0837. The third-order valence-corrected chi connectivity index (χ3v) is 6.83. The molecule has 0 saturated carbocycles. The molecule has 0 amide bonds. The fourth-order valence-electron chi connectivity index (χ4n) is 4.87. The molecule has 5 rings (SSSR count). The molecule has 2 aliphatic rings. The molecular weight excluding hydrogens is 368 g/mol. The van der Waals surface area contributed by atoms with E-state index in [9.17, 15) is 0 Å². The summed E-state index contributed by atoms with van der Waals surface area (Å²) in [6, 6.07) is 17.1. The van der Waals surface area contributed by atoms with E-state index < -0.39 is 0 Å². The first-order chi connectivity index (χ1) is 14.4. The van der Waals surface area contributed by atoms with Gasteiger partial charge in [-0.1, -0.05) is 77.1 Å². The van der Waals surface area contributed by atoms with Crippen LogP contribution in [0.3, 0.4) is 0 Å². The number of aromatic nitrogens is 2. The van der Waals surface area contributed by atoms with Crippen molar-refractivity contribution in [3.05, 3.63) is 65.9 Å². The zero-order chi connectivity index (χ0) is 21.6. The Kier molecular flexibility index (Phi) is 5.05. The Morgan fingerprint density at radius 1 is 0.933 bits per heavy atom. The third-order valence-electron chi connectivity index (χ3n) is 6.83. The summed E-state index contributed by atoms with van der Waals surface area (Å²) in [6.07, 6.45) is 2.24. The highest BCUT2D eigenvalue weighted by Crippen LogP contribution is 2.54. The van der Waals surface area contributed by atoms with Crippen molar-refractivity contribution >= 4 is 17.2 Å². The average molecular weight is 401 g/mol. The number of rotatable bonds is 1. The van der Waals surface area contributed by atoms with E-state index >= 15 is 0 Å². The van der Waals surface area contributed by atoms with E-state index in [1.807, 2.05) is 26.1 Å². The predicted molar refractivity (Wildman–Crippen MR) is 127 cm³/mol. The zero-order valence-corrected chi connectivity index (χ0v) is 19.1. The standard InChI is InChI=1S/C24H26N4.C2H6/c1-15-10-6-7-11-17(15)21-25-14-20-22(26-21)27(5)23-16(2)24(3,4)18-12-8-9-13-19(18)28(20)23;1-2/h6-14,16,23H,1-5H3;1-2H3. The molecule has 2 atom stereocenters. The first-order valence-corrected chi connectivity index (χ1v) is 11.0. The molecule has 156 valence electrons. The Bertz CT molecular complexity index is 1070. The molecule has 0 bridgehead atoms. The van der Waals surface area contributed by atoms with Gasteiger partial charge in [0.25, 0.3) is 0 Å². The quantitative estimate of drug-likeness (QED) is 0.478. The van der Waals surface area contributed by atoms with Crippen LogP contribution >= 0.6 is 0 Å². The number of hydrogen-bond donors (Lipinski definition) is 0. The lowest BCUT2D eigenvalue weighted by atomic mass is 9.69. The Hall–Kier alpha value is -2.88. The molecule has 1 aromatic heterocycles. The van der Waals surface area contributed by atoms with Crippen LogP contribution in [0.5, 0.6) is 0 Å². The summed E-state index contributed by atoms with van der Waals surface area (Å²) in [7, 11) is 2.17. The summed E-state index contributed by atoms with van der Waals surface area (Å²) in [5.41, 5.74) is 6.13. The monoisotopic (exact) mass is 400 g/mol. The second kappa shape index (κ2) is 7.42. The maximum Gasteiger partial charge on any atom is 0.161 e. The van der Waals surface area contributed by atoms with Crippen LogP contribution in [0.4, 0.5) is 17.2 Å². The van der Waals surface area contributed by atoms with Crippen molar-refractivity contribution in [1.82, 2.24) is 9.97 Å². The molecule has 0 N–H and O–H groups in total. The SMILES string of the molecule is CC.Cc1ccccc1-c1ncc2c(n1)N(C)C1C(C)C(C)(C)c3ccccc3N21. The highest BCUT2D eigenvalue weighted by atomic mass is 15.4. The van der Waals surface area contributed by atoms with Crippen LogP contribution in [-0.4, -0.2) is 23.2 Å². The van der Waals surface area contributed by atoms with Gasteiger partial charge in [0.2, 0.25) is 0 Å². The van der Waals surface area contributed by atoms with Crippen LogP contribution in [0, 0.1) is 12.8 Å². The van der Waals surface area contributed by atoms with Gasteiger partial charge in [0.05, 0.1) is 6.20 Å². The topological polar surface area (TPSA) is 32.3 Å². The van der Waals surface area contributed by atoms with Gasteiger partial charge in [-0.15, -0.1) is 0 Å². The van der Waals surface area contributed by atoms with Gasteiger partial charge < -0.3 is 9.80 Å². The van der Waals surface area contributed by atoms with Gasteiger partial charge in [0, 0.05) is 24.2 Å². The molecule has 30 heavy (non-hydrogen) atoms. The minimum Gasteiger partial charge on any atom is -0.337 e. The van der Waals surface area contributed by atoms with Gasteiger partial charge >= 0.3 is 0 Å². The molecule has 2 unspecified atom stereocenters. The molecule has 2 aliphatic heterocycles. The van der Waals surface area contributed by atoms with Gasteiger partial charge in [-0.3, -0.25) is 0 Å². The Balaban J connectivity index is 0.00000106. The molecule has 3 heterocycles. The smallest absolute Gasteiger partial charge is 0.161 e. The van der Waals surface area contributed by atoms with E-state index in [0.29, 0.717) is 5.92 Å². The lowest BCUT2D eigenvalue weighted by Gasteiger charge is -2.49. The largest absolute Gasteiger partial charge is 0.337 e. The Labute approximate surface area is 180 Å². The molecule has 0 fully saturated rings. The van der Waals surface area contributed by atoms with Crippen molar-refractivity contribution in [2.24, 2.45) is 5.92 Å². The van der Waals surface area contributed by atoms with Crippen LogP contribution in [0.15, 0.2) is 54.7 Å². The zero-order valence-electron chi connectivity index (χ0n) is 19.1. The van der Waals surface area contributed by atoms with Crippen molar-refractivity contribution in [3.8, 4) is 11.4 Å². The van der Waals surface area contributed by atoms with Gasteiger partial charge in [-0.05, 0) is 29.5 Å². The van der Waals surface area contributed by atoms with Crippen molar-refractivity contribution < 1.29 is 0 Å². The normalized spacial score (nSPS) is 20.6. The van der Waals surface area contributed by atoms with E-state index in [-0.39, 0.29) is 11.6 Å². The molecule has 2 aromatic carbocycles. The Morgan fingerprint density at radius 2 is 1.60 bits per heavy atom. The number of para-hydroxylation sites is 1. The molecule has 4 heteroatoms. The van der Waals surface area contributed by atoms with Crippen molar-refractivity contribution in [2.75, 3.05) is 16.8 Å². The number of anilines is 3. The molecular formula is C26H32N4. The number of aryl methyl sites for hydroxylation is 1. The molecule has 0 saturated heterocycles. The van der Waals surface area contributed by atoms with Crippen LogP contribution < -0.4 is 9.80 Å². The van der Waals surface area contributed by atoms with Gasteiger partial charge in [-0.25, -0.2) is 9.97 Å². The third kappa shape index (κ3) is 2.81. The van der Waals surface area contributed by atoms with E-state index in [1.54, 1.807) is 0 Å².